The third-order valence-corrected chi connectivity index (χ3v) is 6.92. The average Bonchev–Trinajstić information content (AvgIpc) is 3.26. The molecule has 0 bridgehead atoms. The number of carbonyl (C=O) groups excluding carboxylic acids is 1. The molecule has 3 aromatic rings. The van der Waals surface area contributed by atoms with E-state index in [1.54, 1.807) is 0 Å². The second-order valence-corrected chi connectivity index (χ2v) is 9.23. The Bertz CT molecular complexity index is 1020. The third kappa shape index (κ3) is 3.91. The molecule has 144 valence electrons. The van der Waals surface area contributed by atoms with Crippen LogP contribution in [0.3, 0.4) is 0 Å². The summed E-state index contributed by atoms with van der Waals surface area (Å²) in [5.41, 5.74) is 5.76. The summed E-state index contributed by atoms with van der Waals surface area (Å²) in [5.74, 6) is 0.470. The van der Waals surface area contributed by atoms with Gasteiger partial charge < -0.3 is 10.2 Å². The fourth-order valence-electron chi connectivity index (χ4n) is 3.40. The Morgan fingerprint density at radius 3 is 2.86 bits per heavy atom. The van der Waals surface area contributed by atoms with E-state index in [9.17, 15) is 4.79 Å². The van der Waals surface area contributed by atoms with Crippen molar-refractivity contribution >= 4 is 45.5 Å². The van der Waals surface area contributed by atoms with Gasteiger partial charge >= 0.3 is 0 Å². The van der Waals surface area contributed by atoms with Crippen molar-refractivity contribution in [1.29, 1.82) is 0 Å². The van der Waals surface area contributed by atoms with Gasteiger partial charge in [0.15, 0.2) is 4.34 Å². The van der Waals surface area contributed by atoms with E-state index < -0.39 is 0 Å². The van der Waals surface area contributed by atoms with Crippen molar-refractivity contribution in [3.05, 3.63) is 59.2 Å². The molecule has 1 N–H and O–H groups in total. The lowest BCUT2D eigenvalue weighted by molar-refractivity contribution is -0.116. The molecule has 0 saturated heterocycles. The lowest BCUT2D eigenvalue weighted by Crippen LogP contribution is -2.36. The highest BCUT2D eigenvalue weighted by Crippen LogP contribution is 2.34. The predicted octanol–water partition coefficient (Wildman–Crippen LogP) is 4.97. The lowest BCUT2D eigenvalue weighted by atomic mass is 10.1. The number of nitrogens with zero attached hydrogens (tertiary/aromatic N) is 3. The monoisotopic (exact) mass is 410 g/mol. The zero-order valence-corrected chi connectivity index (χ0v) is 17.7. The Balaban J connectivity index is 1.38. The van der Waals surface area contributed by atoms with Crippen LogP contribution in [0.4, 0.5) is 16.5 Å². The molecular weight excluding hydrogens is 388 g/mol. The second kappa shape index (κ2) is 7.93. The van der Waals surface area contributed by atoms with E-state index in [4.69, 9.17) is 0 Å². The van der Waals surface area contributed by atoms with Crippen molar-refractivity contribution in [2.24, 2.45) is 0 Å². The summed E-state index contributed by atoms with van der Waals surface area (Å²) in [4.78, 5) is 14.7. The number of aromatic nitrogens is 2. The van der Waals surface area contributed by atoms with Gasteiger partial charge in [0.1, 0.15) is 0 Å². The molecular formula is C21H22N4OS2. The second-order valence-electron chi connectivity index (χ2n) is 7.03. The Hall–Kier alpha value is -2.38. The number of hydrogen-bond donors (Lipinski definition) is 1. The van der Waals surface area contributed by atoms with Gasteiger partial charge in [0.25, 0.3) is 0 Å². The van der Waals surface area contributed by atoms with Crippen molar-refractivity contribution in [2.45, 2.75) is 37.6 Å². The number of anilines is 3. The standard InChI is InChI=1S/C21H22N4OS2/c1-13-8-9-17(10-14(13)2)22-20-23-24-21(28-20)27-12-19(26)25-15(3)11-16-6-4-5-7-18(16)25/h4-10,15H,11-12H2,1-3H3,(H,22,23)/t15-/m1/s1. The summed E-state index contributed by atoms with van der Waals surface area (Å²) in [6.45, 7) is 6.28. The van der Waals surface area contributed by atoms with Crippen LogP contribution in [-0.4, -0.2) is 27.9 Å². The van der Waals surface area contributed by atoms with Gasteiger partial charge in [0.05, 0.1) is 5.75 Å². The van der Waals surface area contributed by atoms with Crippen molar-refractivity contribution in [3.63, 3.8) is 0 Å². The van der Waals surface area contributed by atoms with E-state index in [0.717, 1.165) is 27.3 Å². The number of thioether (sulfide) groups is 1. The highest BCUT2D eigenvalue weighted by Gasteiger charge is 2.30. The average molecular weight is 411 g/mol. The van der Waals surface area contributed by atoms with Crippen LogP contribution in [0.1, 0.15) is 23.6 Å². The number of rotatable bonds is 5. The Morgan fingerprint density at radius 2 is 2.04 bits per heavy atom. The Labute approximate surface area is 173 Å². The zero-order chi connectivity index (χ0) is 19.7. The lowest BCUT2D eigenvalue weighted by Gasteiger charge is -2.22. The first-order chi connectivity index (χ1) is 13.5. The maximum Gasteiger partial charge on any atom is 0.237 e. The third-order valence-electron chi connectivity index (χ3n) is 4.96. The van der Waals surface area contributed by atoms with Crippen LogP contribution in [-0.2, 0) is 11.2 Å². The number of aryl methyl sites for hydroxylation is 2. The summed E-state index contributed by atoms with van der Waals surface area (Å²) in [6, 6.07) is 14.6. The fraction of sp³-hybridized carbons (Fsp3) is 0.286. The Morgan fingerprint density at radius 1 is 1.21 bits per heavy atom. The molecule has 7 heteroatoms. The molecule has 1 aliphatic rings. The topological polar surface area (TPSA) is 58.1 Å². The van der Waals surface area contributed by atoms with E-state index >= 15 is 0 Å². The van der Waals surface area contributed by atoms with Gasteiger partial charge in [-0.15, -0.1) is 10.2 Å². The molecule has 0 unspecified atom stereocenters. The number of carbonyl (C=O) groups is 1. The highest BCUT2D eigenvalue weighted by atomic mass is 32.2. The van der Waals surface area contributed by atoms with Crippen LogP contribution < -0.4 is 10.2 Å². The van der Waals surface area contributed by atoms with Gasteiger partial charge in [0.2, 0.25) is 11.0 Å². The Kier molecular flexibility index (Phi) is 5.37. The number of hydrogen-bond acceptors (Lipinski definition) is 6. The van der Waals surface area contributed by atoms with Gasteiger partial charge in [0, 0.05) is 17.4 Å². The first-order valence-electron chi connectivity index (χ1n) is 9.22. The van der Waals surface area contributed by atoms with Crippen molar-refractivity contribution in [2.75, 3.05) is 16.0 Å². The van der Waals surface area contributed by atoms with E-state index in [2.05, 4.69) is 54.5 Å². The van der Waals surface area contributed by atoms with Gasteiger partial charge in [-0.1, -0.05) is 47.4 Å². The van der Waals surface area contributed by atoms with Gasteiger partial charge in [-0.25, -0.2) is 0 Å². The van der Waals surface area contributed by atoms with Crippen molar-refractivity contribution in [3.8, 4) is 0 Å². The van der Waals surface area contributed by atoms with E-state index in [1.807, 2.05) is 29.2 Å². The summed E-state index contributed by atoms with van der Waals surface area (Å²) >= 11 is 2.91. The van der Waals surface area contributed by atoms with Gasteiger partial charge in [-0.05, 0) is 62.1 Å². The molecule has 0 fully saturated rings. The van der Waals surface area contributed by atoms with Crippen molar-refractivity contribution in [1.82, 2.24) is 10.2 Å². The summed E-state index contributed by atoms with van der Waals surface area (Å²) < 4.78 is 0.791. The minimum Gasteiger partial charge on any atom is -0.330 e. The number of nitrogens with one attached hydrogen (secondary N) is 1. The SMILES string of the molecule is Cc1ccc(Nc2nnc(SCC(=O)N3c4ccccc4C[C@H]3C)s2)cc1C. The molecule has 1 atom stereocenters. The van der Waals surface area contributed by atoms with Crippen LogP contribution in [0.15, 0.2) is 46.8 Å². The van der Waals surface area contributed by atoms with E-state index in [-0.39, 0.29) is 11.9 Å². The molecule has 2 heterocycles. The number of para-hydroxylation sites is 1. The van der Waals surface area contributed by atoms with E-state index in [1.165, 1.54) is 39.8 Å². The van der Waals surface area contributed by atoms with Crippen LogP contribution in [0.2, 0.25) is 0 Å². The zero-order valence-electron chi connectivity index (χ0n) is 16.1. The molecule has 5 nitrogen and oxygen atoms in total. The number of fused-ring (bicyclic) bond motifs is 1. The van der Waals surface area contributed by atoms with Crippen LogP contribution in [0, 0.1) is 13.8 Å². The smallest absolute Gasteiger partial charge is 0.237 e. The highest BCUT2D eigenvalue weighted by molar-refractivity contribution is 8.01. The molecule has 0 spiro atoms. The van der Waals surface area contributed by atoms with Crippen LogP contribution in [0.5, 0.6) is 0 Å². The summed E-state index contributed by atoms with van der Waals surface area (Å²) in [7, 11) is 0. The normalized spacial score (nSPS) is 15.5. The minimum atomic E-state index is 0.112. The van der Waals surface area contributed by atoms with Gasteiger partial charge in [-0.2, -0.15) is 0 Å². The molecule has 1 aliphatic heterocycles. The molecule has 0 aliphatic carbocycles. The maximum absolute atomic E-state index is 12.8. The molecule has 0 radical (unpaired) electrons. The first kappa shape index (κ1) is 19.0. The van der Waals surface area contributed by atoms with E-state index in [0.29, 0.717) is 5.75 Å². The maximum atomic E-state index is 12.8. The number of amides is 1. The molecule has 28 heavy (non-hydrogen) atoms. The quantitative estimate of drug-likeness (QED) is 0.602. The summed E-state index contributed by atoms with van der Waals surface area (Å²) in [6.07, 6.45) is 0.912. The minimum absolute atomic E-state index is 0.112. The predicted molar refractivity (Wildman–Crippen MR) is 117 cm³/mol. The molecule has 1 amide bonds. The van der Waals surface area contributed by atoms with Crippen LogP contribution >= 0.6 is 23.1 Å². The molecule has 4 rings (SSSR count). The van der Waals surface area contributed by atoms with Crippen molar-refractivity contribution < 1.29 is 4.79 Å². The fourth-order valence-corrected chi connectivity index (χ4v) is 5.03. The number of benzene rings is 2. The first-order valence-corrected chi connectivity index (χ1v) is 11.0. The van der Waals surface area contributed by atoms with Crippen LogP contribution in [0.25, 0.3) is 0 Å². The molecule has 1 aromatic heterocycles. The molecule has 2 aromatic carbocycles. The largest absolute Gasteiger partial charge is 0.330 e. The molecule has 0 saturated carbocycles. The van der Waals surface area contributed by atoms with Gasteiger partial charge in [-0.3, -0.25) is 4.79 Å². The summed E-state index contributed by atoms with van der Waals surface area (Å²) in [5, 5.41) is 12.4.